The van der Waals surface area contributed by atoms with Crippen LogP contribution < -0.4 is 10.6 Å². The SMILES string of the molecule is Cc1ccccc1N1CCC(CN)(CF)CC1. The van der Waals surface area contributed by atoms with Crippen LogP contribution in [0, 0.1) is 12.3 Å². The normalized spacial score (nSPS) is 19.4. The van der Waals surface area contributed by atoms with Crippen LogP contribution in [0.5, 0.6) is 0 Å². The minimum absolute atomic E-state index is 0.265. The summed E-state index contributed by atoms with van der Waals surface area (Å²) in [5.74, 6) is 0. The molecule has 2 N–H and O–H groups in total. The van der Waals surface area contributed by atoms with Crippen LogP contribution in [0.4, 0.5) is 10.1 Å². The maximum absolute atomic E-state index is 13.0. The van der Waals surface area contributed by atoms with Gasteiger partial charge in [0.15, 0.2) is 0 Å². The van der Waals surface area contributed by atoms with Gasteiger partial charge in [0.1, 0.15) is 0 Å². The number of halogens is 1. The van der Waals surface area contributed by atoms with Gasteiger partial charge >= 0.3 is 0 Å². The summed E-state index contributed by atoms with van der Waals surface area (Å²) in [5, 5.41) is 0. The van der Waals surface area contributed by atoms with E-state index in [1.54, 1.807) is 0 Å². The van der Waals surface area contributed by atoms with E-state index in [0.717, 1.165) is 25.9 Å². The molecule has 1 aromatic rings. The Balaban J connectivity index is 2.07. The Morgan fingerprint density at radius 2 is 1.94 bits per heavy atom. The first-order chi connectivity index (χ1) is 8.21. The summed E-state index contributed by atoms with van der Waals surface area (Å²) in [6.45, 7) is 4.11. The number of anilines is 1. The second-order valence-electron chi connectivity index (χ2n) is 5.11. The van der Waals surface area contributed by atoms with Gasteiger partial charge in [-0.2, -0.15) is 0 Å². The minimum Gasteiger partial charge on any atom is -0.371 e. The molecule has 1 saturated heterocycles. The first-order valence-corrected chi connectivity index (χ1v) is 6.27. The highest BCUT2D eigenvalue weighted by Gasteiger charge is 2.33. The van der Waals surface area contributed by atoms with Crippen LogP contribution in [0.25, 0.3) is 0 Å². The van der Waals surface area contributed by atoms with Crippen molar-refractivity contribution in [3.05, 3.63) is 29.8 Å². The van der Waals surface area contributed by atoms with E-state index >= 15 is 0 Å². The topological polar surface area (TPSA) is 29.3 Å². The third-order valence-electron chi connectivity index (χ3n) is 4.00. The summed E-state index contributed by atoms with van der Waals surface area (Å²) in [4.78, 5) is 2.35. The van der Waals surface area contributed by atoms with Crippen molar-refractivity contribution in [3.8, 4) is 0 Å². The van der Waals surface area contributed by atoms with E-state index in [4.69, 9.17) is 5.73 Å². The summed E-state index contributed by atoms with van der Waals surface area (Å²) in [6.07, 6.45) is 1.71. The molecule has 0 unspecified atom stereocenters. The van der Waals surface area contributed by atoms with E-state index in [9.17, 15) is 4.39 Å². The molecule has 0 radical (unpaired) electrons. The summed E-state index contributed by atoms with van der Waals surface area (Å²) in [5.41, 5.74) is 8.00. The van der Waals surface area contributed by atoms with E-state index in [1.165, 1.54) is 11.3 Å². The van der Waals surface area contributed by atoms with E-state index in [1.807, 2.05) is 0 Å². The van der Waals surface area contributed by atoms with Crippen molar-refractivity contribution in [2.75, 3.05) is 31.2 Å². The Kier molecular flexibility index (Phi) is 3.67. The number of hydrogen-bond donors (Lipinski definition) is 1. The van der Waals surface area contributed by atoms with Crippen LogP contribution in [0.3, 0.4) is 0 Å². The average molecular weight is 236 g/mol. The maximum Gasteiger partial charge on any atom is 0.0964 e. The van der Waals surface area contributed by atoms with E-state index < -0.39 is 0 Å². The summed E-state index contributed by atoms with van der Waals surface area (Å²) in [7, 11) is 0. The van der Waals surface area contributed by atoms with Gasteiger partial charge < -0.3 is 10.6 Å². The molecule has 1 heterocycles. The molecule has 0 amide bonds. The lowest BCUT2D eigenvalue weighted by Gasteiger charge is -2.40. The van der Waals surface area contributed by atoms with Crippen LogP contribution >= 0.6 is 0 Å². The molecule has 0 spiro atoms. The fourth-order valence-corrected chi connectivity index (χ4v) is 2.53. The van der Waals surface area contributed by atoms with Gasteiger partial charge in [0.2, 0.25) is 0 Å². The van der Waals surface area contributed by atoms with Gasteiger partial charge in [-0.25, -0.2) is 0 Å². The molecule has 0 saturated carbocycles. The van der Waals surface area contributed by atoms with Crippen molar-refractivity contribution in [3.63, 3.8) is 0 Å². The molecule has 0 aliphatic carbocycles. The van der Waals surface area contributed by atoms with Crippen LogP contribution in [-0.4, -0.2) is 26.3 Å². The van der Waals surface area contributed by atoms with Crippen molar-refractivity contribution in [2.24, 2.45) is 11.1 Å². The number of alkyl halides is 1. The van der Waals surface area contributed by atoms with Gasteiger partial charge in [0, 0.05) is 30.7 Å². The molecule has 1 aliphatic heterocycles. The molecule has 0 aromatic heterocycles. The highest BCUT2D eigenvalue weighted by molar-refractivity contribution is 5.53. The van der Waals surface area contributed by atoms with Gasteiger partial charge in [0.05, 0.1) is 6.67 Å². The zero-order valence-corrected chi connectivity index (χ0v) is 10.5. The Bertz CT molecular complexity index is 364. The Hall–Kier alpha value is -1.09. The van der Waals surface area contributed by atoms with Gasteiger partial charge in [-0.1, -0.05) is 18.2 Å². The maximum atomic E-state index is 13.0. The smallest absolute Gasteiger partial charge is 0.0964 e. The quantitative estimate of drug-likeness (QED) is 0.873. The molecule has 2 rings (SSSR count). The lowest BCUT2D eigenvalue weighted by molar-refractivity contribution is 0.168. The van der Waals surface area contributed by atoms with Crippen LogP contribution in [0.1, 0.15) is 18.4 Å². The molecular formula is C14H21FN2. The Morgan fingerprint density at radius 1 is 1.29 bits per heavy atom. The van der Waals surface area contributed by atoms with E-state index in [-0.39, 0.29) is 12.1 Å². The summed E-state index contributed by atoms with van der Waals surface area (Å²) >= 11 is 0. The number of aryl methyl sites for hydroxylation is 1. The highest BCUT2D eigenvalue weighted by Crippen LogP contribution is 2.33. The number of nitrogens with two attached hydrogens (primary N) is 1. The molecule has 0 bridgehead atoms. The van der Waals surface area contributed by atoms with E-state index in [2.05, 4.69) is 36.1 Å². The number of para-hydroxylation sites is 1. The monoisotopic (exact) mass is 236 g/mol. The largest absolute Gasteiger partial charge is 0.371 e. The molecule has 17 heavy (non-hydrogen) atoms. The fraction of sp³-hybridized carbons (Fsp3) is 0.571. The fourth-order valence-electron chi connectivity index (χ4n) is 2.53. The van der Waals surface area contributed by atoms with Crippen molar-refractivity contribution >= 4 is 5.69 Å². The molecule has 3 heteroatoms. The molecule has 1 aliphatic rings. The Morgan fingerprint density at radius 3 is 2.47 bits per heavy atom. The zero-order chi connectivity index (χ0) is 12.3. The van der Waals surface area contributed by atoms with Crippen LogP contribution in [0.2, 0.25) is 0 Å². The van der Waals surface area contributed by atoms with Crippen molar-refractivity contribution in [1.29, 1.82) is 0 Å². The number of benzene rings is 1. The number of nitrogens with zero attached hydrogens (tertiary/aromatic N) is 1. The molecule has 1 aromatic carbocycles. The van der Waals surface area contributed by atoms with Crippen molar-refractivity contribution < 1.29 is 4.39 Å². The summed E-state index contributed by atoms with van der Waals surface area (Å²) in [6, 6.07) is 8.37. The van der Waals surface area contributed by atoms with Gasteiger partial charge in [-0.15, -0.1) is 0 Å². The number of rotatable bonds is 3. The lowest BCUT2D eigenvalue weighted by Crippen LogP contribution is -2.45. The molecule has 2 nitrogen and oxygen atoms in total. The number of hydrogen-bond acceptors (Lipinski definition) is 2. The van der Waals surface area contributed by atoms with Crippen LogP contribution in [-0.2, 0) is 0 Å². The lowest BCUT2D eigenvalue weighted by atomic mass is 9.79. The predicted octanol–water partition coefficient (Wildman–Crippen LogP) is 2.51. The summed E-state index contributed by atoms with van der Waals surface area (Å²) < 4.78 is 13.0. The first-order valence-electron chi connectivity index (χ1n) is 6.27. The third kappa shape index (κ3) is 2.44. The molecule has 94 valence electrons. The van der Waals surface area contributed by atoms with Gasteiger partial charge in [0.25, 0.3) is 0 Å². The predicted molar refractivity (Wildman–Crippen MR) is 70.1 cm³/mol. The standard InChI is InChI=1S/C14H21FN2/c1-12-4-2-3-5-13(12)17-8-6-14(10-15,11-16)7-9-17/h2-5H,6-11,16H2,1H3. The minimum atomic E-state index is -0.287. The van der Waals surface area contributed by atoms with Crippen LogP contribution in [0.15, 0.2) is 24.3 Å². The second-order valence-corrected chi connectivity index (χ2v) is 5.11. The highest BCUT2D eigenvalue weighted by atomic mass is 19.1. The van der Waals surface area contributed by atoms with Crippen molar-refractivity contribution in [2.45, 2.75) is 19.8 Å². The average Bonchev–Trinajstić information content (AvgIpc) is 2.40. The molecular weight excluding hydrogens is 215 g/mol. The first kappa shape index (κ1) is 12.4. The zero-order valence-electron chi connectivity index (χ0n) is 10.5. The second kappa shape index (κ2) is 5.05. The van der Waals surface area contributed by atoms with Crippen molar-refractivity contribution in [1.82, 2.24) is 0 Å². The molecule has 1 fully saturated rings. The van der Waals surface area contributed by atoms with Gasteiger partial charge in [-0.05, 0) is 31.4 Å². The van der Waals surface area contributed by atoms with E-state index in [0.29, 0.717) is 6.54 Å². The Labute approximate surface area is 103 Å². The molecule has 0 atom stereocenters. The van der Waals surface area contributed by atoms with Gasteiger partial charge in [-0.3, -0.25) is 4.39 Å². The third-order valence-corrected chi connectivity index (χ3v) is 4.00. The number of piperidine rings is 1.